The SMILES string of the molecule is CC(=O)c1cccc(NC(=O)N2CCC[C@@H]2c2ccc(O)cc2)c1. The Morgan fingerprint density at radius 2 is 1.92 bits per heavy atom. The van der Waals surface area contributed by atoms with Gasteiger partial charge in [0, 0.05) is 17.8 Å². The predicted octanol–water partition coefficient (Wildman–Crippen LogP) is 3.96. The summed E-state index contributed by atoms with van der Waals surface area (Å²) in [6, 6.07) is 13.8. The number of phenolic OH excluding ortho intramolecular Hbond substituents is 1. The van der Waals surface area contributed by atoms with E-state index < -0.39 is 0 Å². The number of ketones is 1. The molecule has 0 aromatic heterocycles. The van der Waals surface area contributed by atoms with Gasteiger partial charge in [-0.1, -0.05) is 24.3 Å². The van der Waals surface area contributed by atoms with Crippen molar-refractivity contribution in [3.05, 3.63) is 59.7 Å². The van der Waals surface area contributed by atoms with Gasteiger partial charge in [-0.25, -0.2) is 4.79 Å². The van der Waals surface area contributed by atoms with Gasteiger partial charge < -0.3 is 15.3 Å². The van der Waals surface area contributed by atoms with Crippen LogP contribution in [-0.2, 0) is 0 Å². The van der Waals surface area contributed by atoms with Crippen LogP contribution in [0.25, 0.3) is 0 Å². The van der Waals surface area contributed by atoms with E-state index in [0.29, 0.717) is 17.8 Å². The molecule has 5 heteroatoms. The first-order valence-corrected chi connectivity index (χ1v) is 8.02. The lowest BCUT2D eigenvalue weighted by molar-refractivity contribution is 0.101. The number of phenols is 1. The number of benzene rings is 2. The fraction of sp³-hybridized carbons (Fsp3) is 0.263. The summed E-state index contributed by atoms with van der Waals surface area (Å²) >= 11 is 0. The van der Waals surface area contributed by atoms with Crippen LogP contribution in [0.15, 0.2) is 48.5 Å². The zero-order chi connectivity index (χ0) is 17.1. The second kappa shape index (κ2) is 6.74. The molecule has 24 heavy (non-hydrogen) atoms. The molecule has 0 bridgehead atoms. The van der Waals surface area contributed by atoms with E-state index >= 15 is 0 Å². The molecule has 1 saturated heterocycles. The van der Waals surface area contributed by atoms with E-state index in [1.54, 1.807) is 41.3 Å². The monoisotopic (exact) mass is 324 g/mol. The van der Waals surface area contributed by atoms with Crippen molar-refractivity contribution >= 4 is 17.5 Å². The van der Waals surface area contributed by atoms with Crippen molar-refractivity contribution in [1.82, 2.24) is 4.90 Å². The van der Waals surface area contributed by atoms with Crippen LogP contribution in [0, 0.1) is 0 Å². The molecule has 3 rings (SSSR count). The van der Waals surface area contributed by atoms with E-state index in [1.807, 2.05) is 12.1 Å². The maximum atomic E-state index is 12.6. The van der Waals surface area contributed by atoms with Crippen molar-refractivity contribution in [3.8, 4) is 5.75 Å². The van der Waals surface area contributed by atoms with Crippen LogP contribution in [0.2, 0.25) is 0 Å². The summed E-state index contributed by atoms with van der Waals surface area (Å²) in [6.07, 6.45) is 1.83. The molecule has 124 valence electrons. The normalized spacial score (nSPS) is 16.9. The van der Waals surface area contributed by atoms with Crippen LogP contribution in [-0.4, -0.2) is 28.4 Å². The molecule has 1 heterocycles. The van der Waals surface area contributed by atoms with Crippen LogP contribution in [0.4, 0.5) is 10.5 Å². The molecule has 2 amide bonds. The van der Waals surface area contributed by atoms with Crippen LogP contribution in [0.5, 0.6) is 5.75 Å². The van der Waals surface area contributed by atoms with Gasteiger partial charge in [0.2, 0.25) is 0 Å². The summed E-state index contributed by atoms with van der Waals surface area (Å²) in [7, 11) is 0. The minimum atomic E-state index is -0.175. The van der Waals surface area contributed by atoms with E-state index in [-0.39, 0.29) is 23.6 Å². The average Bonchev–Trinajstić information content (AvgIpc) is 3.05. The number of carbonyl (C=O) groups is 2. The summed E-state index contributed by atoms with van der Waals surface area (Å²) < 4.78 is 0. The molecule has 0 radical (unpaired) electrons. The van der Waals surface area contributed by atoms with Gasteiger partial charge in [-0.05, 0) is 49.6 Å². The van der Waals surface area contributed by atoms with Crippen molar-refractivity contribution in [2.75, 3.05) is 11.9 Å². The van der Waals surface area contributed by atoms with Gasteiger partial charge >= 0.3 is 6.03 Å². The van der Waals surface area contributed by atoms with Crippen molar-refractivity contribution in [2.45, 2.75) is 25.8 Å². The molecule has 1 fully saturated rings. The molecule has 2 aromatic carbocycles. The molecule has 0 aliphatic carbocycles. The third kappa shape index (κ3) is 3.40. The lowest BCUT2D eigenvalue weighted by atomic mass is 10.0. The number of hydrogen-bond donors (Lipinski definition) is 2. The summed E-state index contributed by atoms with van der Waals surface area (Å²) in [6.45, 7) is 2.19. The van der Waals surface area contributed by atoms with Gasteiger partial charge in [0.15, 0.2) is 5.78 Å². The minimum absolute atomic E-state index is 0.00147. The molecular weight excluding hydrogens is 304 g/mol. The first-order valence-electron chi connectivity index (χ1n) is 8.02. The molecule has 2 N–H and O–H groups in total. The summed E-state index contributed by atoms with van der Waals surface area (Å²) in [4.78, 5) is 25.9. The Morgan fingerprint density at radius 3 is 2.62 bits per heavy atom. The van der Waals surface area contributed by atoms with Crippen LogP contribution in [0.3, 0.4) is 0 Å². The topological polar surface area (TPSA) is 69.6 Å². The van der Waals surface area contributed by atoms with Crippen LogP contribution >= 0.6 is 0 Å². The highest BCUT2D eigenvalue weighted by molar-refractivity contribution is 5.96. The number of nitrogens with one attached hydrogen (secondary N) is 1. The molecular formula is C19H20N2O3. The van der Waals surface area contributed by atoms with Gasteiger partial charge in [-0.15, -0.1) is 0 Å². The van der Waals surface area contributed by atoms with E-state index in [2.05, 4.69) is 5.32 Å². The van der Waals surface area contributed by atoms with Crippen molar-refractivity contribution in [1.29, 1.82) is 0 Å². The lowest BCUT2D eigenvalue weighted by Crippen LogP contribution is -2.34. The van der Waals surface area contributed by atoms with Crippen LogP contribution in [0.1, 0.15) is 41.7 Å². The number of carbonyl (C=O) groups excluding carboxylic acids is 2. The smallest absolute Gasteiger partial charge is 0.322 e. The van der Waals surface area contributed by atoms with Gasteiger partial charge in [-0.2, -0.15) is 0 Å². The number of urea groups is 1. The summed E-state index contributed by atoms with van der Waals surface area (Å²) in [5.74, 6) is 0.183. The molecule has 1 atom stereocenters. The maximum Gasteiger partial charge on any atom is 0.322 e. The maximum absolute atomic E-state index is 12.6. The number of amides is 2. The molecule has 1 aliphatic rings. The fourth-order valence-corrected chi connectivity index (χ4v) is 3.06. The number of rotatable bonds is 3. The van der Waals surface area contributed by atoms with E-state index in [9.17, 15) is 14.7 Å². The highest BCUT2D eigenvalue weighted by Crippen LogP contribution is 2.33. The molecule has 0 spiro atoms. The van der Waals surface area contributed by atoms with Crippen molar-refractivity contribution in [2.24, 2.45) is 0 Å². The van der Waals surface area contributed by atoms with Crippen molar-refractivity contribution in [3.63, 3.8) is 0 Å². The fourth-order valence-electron chi connectivity index (χ4n) is 3.06. The zero-order valence-electron chi connectivity index (χ0n) is 13.5. The Morgan fingerprint density at radius 1 is 1.17 bits per heavy atom. The third-order valence-corrected chi connectivity index (χ3v) is 4.31. The van der Waals surface area contributed by atoms with Gasteiger partial charge in [0.25, 0.3) is 0 Å². The van der Waals surface area contributed by atoms with Gasteiger partial charge in [-0.3, -0.25) is 4.79 Å². The van der Waals surface area contributed by atoms with Gasteiger partial charge in [0.05, 0.1) is 6.04 Å². The minimum Gasteiger partial charge on any atom is -0.508 e. The number of anilines is 1. The Hall–Kier alpha value is -2.82. The van der Waals surface area contributed by atoms with E-state index in [0.717, 1.165) is 18.4 Å². The summed E-state index contributed by atoms with van der Waals surface area (Å²) in [5.41, 5.74) is 2.20. The largest absolute Gasteiger partial charge is 0.508 e. The Kier molecular flexibility index (Phi) is 4.51. The number of likely N-dealkylation sites (tertiary alicyclic amines) is 1. The molecule has 5 nitrogen and oxygen atoms in total. The second-order valence-electron chi connectivity index (χ2n) is 6.01. The Balaban J connectivity index is 1.75. The zero-order valence-corrected chi connectivity index (χ0v) is 13.5. The number of nitrogens with zero attached hydrogens (tertiary/aromatic N) is 1. The van der Waals surface area contributed by atoms with Crippen molar-refractivity contribution < 1.29 is 14.7 Å². The Labute approximate surface area is 140 Å². The highest BCUT2D eigenvalue weighted by atomic mass is 16.3. The molecule has 2 aromatic rings. The second-order valence-corrected chi connectivity index (χ2v) is 6.01. The highest BCUT2D eigenvalue weighted by Gasteiger charge is 2.30. The lowest BCUT2D eigenvalue weighted by Gasteiger charge is -2.25. The van der Waals surface area contributed by atoms with E-state index in [4.69, 9.17) is 0 Å². The number of aromatic hydroxyl groups is 1. The summed E-state index contributed by atoms with van der Waals surface area (Å²) in [5, 5.41) is 12.3. The predicted molar refractivity (Wildman–Crippen MR) is 92.3 cm³/mol. The number of Topliss-reactive ketones (excluding diaryl/α,β-unsaturated/α-hetero) is 1. The Bertz CT molecular complexity index is 755. The molecule has 0 saturated carbocycles. The third-order valence-electron chi connectivity index (χ3n) is 4.31. The standard InChI is InChI=1S/C19H20N2O3/c1-13(22)15-4-2-5-16(12-15)20-19(24)21-11-3-6-18(21)14-7-9-17(23)10-8-14/h2,4-5,7-10,12,18,23H,3,6,11H2,1H3,(H,20,24)/t18-/m1/s1. The van der Waals surface area contributed by atoms with Gasteiger partial charge in [0.1, 0.15) is 5.75 Å². The quantitative estimate of drug-likeness (QED) is 0.840. The van der Waals surface area contributed by atoms with E-state index in [1.165, 1.54) is 6.92 Å². The average molecular weight is 324 g/mol. The first-order chi connectivity index (χ1) is 11.5. The molecule has 0 unspecified atom stereocenters. The molecule has 1 aliphatic heterocycles. The number of hydrogen-bond acceptors (Lipinski definition) is 3. The first kappa shape index (κ1) is 16.1. The van der Waals surface area contributed by atoms with Crippen LogP contribution < -0.4 is 5.32 Å².